The zero-order valence-corrected chi connectivity index (χ0v) is 55.6. The van der Waals surface area contributed by atoms with Crippen molar-refractivity contribution in [3.8, 4) is 17.6 Å². The number of benzene rings is 3. The average molecular weight is 1340 g/mol. The van der Waals surface area contributed by atoms with Gasteiger partial charge in [-0.2, -0.15) is 13.2 Å². The monoisotopic (exact) mass is 1340 g/mol. The molecule has 6 atom stereocenters. The molecule has 7 rings (SSSR count). The second kappa shape index (κ2) is 28.4. The van der Waals surface area contributed by atoms with Crippen molar-refractivity contribution in [1.29, 1.82) is 0 Å². The van der Waals surface area contributed by atoms with Crippen molar-refractivity contribution in [1.82, 2.24) is 10.2 Å². The zero-order valence-electron chi connectivity index (χ0n) is 52.1. The summed E-state index contributed by atoms with van der Waals surface area (Å²) >= 11 is 0. The molecular weight excluding hydrogens is 1260 g/mol. The van der Waals surface area contributed by atoms with Crippen molar-refractivity contribution < 1.29 is 93.0 Å². The van der Waals surface area contributed by atoms with Gasteiger partial charge in [0.15, 0.2) is 5.71 Å². The molecule has 0 aliphatic carbocycles. The summed E-state index contributed by atoms with van der Waals surface area (Å²) in [6.07, 6.45) is 8.59. The Bertz CT molecular complexity index is 3870. The topological polar surface area (TPSA) is 385 Å². The molecule has 31 heteroatoms. The number of anilines is 1. The van der Waals surface area contributed by atoms with Gasteiger partial charge in [-0.05, 0) is 81.9 Å². The SMILES string of the molecule is C=C1N=C(N)C(CO[C@H](c2cc(OC)c(C#CCNC(=O)CCCCC[N+]3=C(C=CC=CC=C4N(CC)c5ccc(C)cc5C4(C)C)C(C)(C)c4cc(S(=O)(=O)[O-])ccc43)cc2[N+](=O)[O-])C(C)(C)C)=CN1[C@H]1CC(O)[C@@H](COP(=O)(O)OP(=O)(O)OP(=O)(O)O)O1. The quantitative estimate of drug-likeness (QED) is 0.00577. The maximum atomic E-state index is 13.1. The van der Waals surface area contributed by atoms with E-state index >= 15 is 0 Å². The largest absolute Gasteiger partial charge is 0.744 e. The smallest absolute Gasteiger partial charge is 0.490 e. The normalized spacial score (nSPS) is 21.1. The van der Waals surface area contributed by atoms with Crippen molar-refractivity contribution >= 4 is 68.1 Å². The Balaban J connectivity index is 0.966. The lowest BCUT2D eigenvalue weighted by molar-refractivity contribution is -0.438. The number of methoxy groups -OCH3 is 1. The molecule has 3 aromatic carbocycles. The van der Waals surface area contributed by atoms with Crippen LogP contribution in [0.3, 0.4) is 0 Å². The number of hydrogen-bond donors (Lipinski definition) is 7. The fraction of sp³-hybridized carbons (Fsp3) is 0.450. The number of amides is 1. The summed E-state index contributed by atoms with van der Waals surface area (Å²) in [5, 5.41) is 26.3. The van der Waals surface area contributed by atoms with E-state index in [-0.39, 0.29) is 82.0 Å². The predicted molar refractivity (Wildman–Crippen MR) is 337 cm³/mol. The van der Waals surface area contributed by atoms with Crippen LogP contribution in [-0.4, -0.2) is 128 Å². The molecule has 4 heterocycles. The van der Waals surface area contributed by atoms with E-state index in [1.54, 1.807) is 26.8 Å². The van der Waals surface area contributed by atoms with Crippen LogP contribution in [0.25, 0.3) is 0 Å². The number of aliphatic imine (C=N–C) groups is 1. The highest BCUT2D eigenvalue weighted by molar-refractivity contribution is 7.85. The van der Waals surface area contributed by atoms with Gasteiger partial charge in [-0.15, -0.1) is 0 Å². The molecule has 91 heavy (non-hydrogen) atoms. The van der Waals surface area contributed by atoms with Crippen LogP contribution in [0.5, 0.6) is 5.75 Å². The van der Waals surface area contributed by atoms with Crippen LogP contribution in [0.4, 0.5) is 17.1 Å². The van der Waals surface area contributed by atoms with Crippen LogP contribution in [0.2, 0.25) is 0 Å². The number of nitrogens with zero attached hydrogens (tertiary/aromatic N) is 5. The van der Waals surface area contributed by atoms with E-state index in [0.717, 1.165) is 17.9 Å². The van der Waals surface area contributed by atoms with E-state index < -0.39 is 80.5 Å². The first-order valence-corrected chi connectivity index (χ1v) is 34.8. The average Bonchev–Trinajstić information content (AvgIpc) is 1.63. The fourth-order valence-electron chi connectivity index (χ4n) is 11.3. The van der Waals surface area contributed by atoms with E-state index in [4.69, 9.17) is 29.7 Å². The number of allylic oxidation sites excluding steroid dienone is 6. The first-order valence-electron chi connectivity index (χ1n) is 28.9. The molecule has 0 radical (unpaired) electrons. The second-order valence-corrected chi connectivity index (χ2v) is 29.9. The number of unbranched alkanes of at least 4 members (excludes halogenated alkanes) is 2. The number of fused-ring (bicyclic) bond motifs is 2. The number of nitrogens with two attached hydrogens (primary N) is 1. The van der Waals surface area contributed by atoms with Gasteiger partial charge in [0.25, 0.3) is 5.69 Å². The Morgan fingerprint density at radius 2 is 1.73 bits per heavy atom. The Kier molecular flexibility index (Phi) is 22.5. The van der Waals surface area contributed by atoms with E-state index in [1.165, 1.54) is 65.0 Å². The van der Waals surface area contributed by atoms with E-state index in [1.807, 2.05) is 38.2 Å². The zero-order chi connectivity index (χ0) is 67.4. The lowest BCUT2D eigenvalue weighted by Gasteiger charge is -2.33. The minimum Gasteiger partial charge on any atom is -0.744 e. The second-order valence-electron chi connectivity index (χ2n) is 24.1. The minimum absolute atomic E-state index is 0.0325. The van der Waals surface area contributed by atoms with Crippen molar-refractivity contribution in [2.75, 3.05) is 44.9 Å². The summed E-state index contributed by atoms with van der Waals surface area (Å²) in [5.74, 6) is 5.65. The van der Waals surface area contributed by atoms with Gasteiger partial charge < -0.3 is 64.3 Å². The van der Waals surface area contributed by atoms with Crippen LogP contribution in [0.1, 0.15) is 121 Å². The van der Waals surface area contributed by atoms with Crippen LogP contribution >= 0.6 is 23.5 Å². The van der Waals surface area contributed by atoms with Gasteiger partial charge >= 0.3 is 23.5 Å². The number of carbonyl (C=O) groups is 1. The number of aliphatic hydroxyl groups excluding tert-OH is 1. The number of phosphoric acid groups is 3. The molecule has 27 nitrogen and oxygen atoms in total. The number of aliphatic hydroxyl groups is 1. The van der Waals surface area contributed by atoms with Gasteiger partial charge in [-0.3, -0.25) is 19.4 Å². The number of nitro benzene ring substituents is 1. The lowest BCUT2D eigenvalue weighted by Crippen LogP contribution is -2.36. The molecule has 1 fully saturated rings. The number of phosphoric ester groups is 1. The molecule has 1 amide bonds. The molecule has 0 aromatic heterocycles. The molecular formula is C60H78N7O20P3S. The third-order valence-electron chi connectivity index (χ3n) is 15.7. The number of hydrogen-bond acceptors (Lipinski definition) is 20. The summed E-state index contributed by atoms with van der Waals surface area (Å²) in [5.41, 5.74) is 12.1. The molecule has 4 aliphatic heterocycles. The van der Waals surface area contributed by atoms with Crippen molar-refractivity contribution in [3.63, 3.8) is 0 Å². The minimum atomic E-state index is -5.81. The Morgan fingerprint density at radius 1 is 1.01 bits per heavy atom. The van der Waals surface area contributed by atoms with Crippen LogP contribution in [0, 0.1) is 34.3 Å². The van der Waals surface area contributed by atoms with Crippen LogP contribution in [0.15, 0.2) is 119 Å². The summed E-state index contributed by atoms with van der Waals surface area (Å²) in [6.45, 7) is 22.0. The predicted octanol–water partition coefficient (Wildman–Crippen LogP) is 8.69. The number of amidine groups is 1. The Morgan fingerprint density at radius 3 is 2.37 bits per heavy atom. The van der Waals surface area contributed by atoms with Crippen molar-refractivity contribution in [2.24, 2.45) is 16.1 Å². The first-order chi connectivity index (χ1) is 42.3. The summed E-state index contributed by atoms with van der Waals surface area (Å²) in [7, 11) is -20.3. The fourth-order valence-corrected chi connectivity index (χ4v) is 14.8. The molecule has 3 aromatic rings. The number of aryl methyl sites for hydroxylation is 1. The third kappa shape index (κ3) is 17.6. The maximum absolute atomic E-state index is 13.1. The number of nitrogens with one attached hydrogen (secondary N) is 1. The highest BCUT2D eigenvalue weighted by Gasteiger charge is 2.47. The van der Waals surface area contributed by atoms with Gasteiger partial charge in [0.2, 0.25) is 11.6 Å². The first kappa shape index (κ1) is 72.0. The van der Waals surface area contributed by atoms with Crippen molar-refractivity contribution in [2.45, 2.75) is 135 Å². The number of nitro groups is 1. The molecule has 0 spiro atoms. The van der Waals surface area contributed by atoms with Crippen LogP contribution in [-0.2, 0) is 62.1 Å². The molecule has 8 N–H and O–H groups in total. The van der Waals surface area contributed by atoms with Gasteiger partial charge in [0, 0.05) is 78.2 Å². The number of rotatable bonds is 26. The van der Waals surface area contributed by atoms with Gasteiger partial charge in [0.05, 0.1) is 65.4 Å². The maximum Gasteiger partial charge on any atom is 0.490 e. The summed E-state index contributed by atoms with van der Waals surface area (Å²) in [6, 6.07) is 13.7. The van der Waals surface area contributed by atoms with E-state index in [9.17, 15) is 56.5 Å². The highest BCUT2D eigenvalue weighted by Crippen LogP contribution is 2.66. The standard InChI is InChI=1S/C60H78N7O20P3S/c1-12-64-46-26-24-38(2)30-44(46)59(7,8)52(64)21-15-13-16-22-53-60(9,10)45-32-42(91(79,80)81)25-27-47(45)65(53)29-18-14-17-23-54(69)62-28-19-20-40-31-48(67(70)71)43(33-50(40)82-11)56(58(4,5)6)83-36-41-35-66(39(3)63-57(41)61)55-34-49(68)51(85-55)37-84-89(75,76)87-90(77,78)86-88(72,73)74/h13,15-16,21-22,24-27,30-33,35,49,51,55-56,68H,3,12,14,17-18,23,28-29,34,36-37H2,1-2,4-11H3,(H7-,61,62,63,69,72,73,74,75,76,77,78,79,80,81)/t49?,51-,55-,56-/m1/s1. The van der Waals surface area contributed by atoms with Gasteiger partial charge in [-0.25, -0.2) is 27.1 Å². The molecule has 0 bridgehead atoms. The van der Waals surface area contributed by atoms with E-state index in [2.05, 4.69) is 103 Å². The van der Waals surface area contributed by atoms with Gasteiger partial charge in [-0.1, -0.05) is 89.0 Å². The van der Waals surface area contributed by atoms with Crippen LogP contribution < -0.4 is 20.7 Å². The Hall–Kier alpha value is -6.47. The van der Waals surface area contributed by atoms with E-state index in [0.29, 0.717) is 31.4 Å². The van der Waals surface area contributed by atoms with Gasteiger partial charge in [0.1, 0.15) is 46.4 Å². The molecule has 1 saturated heterocycles. The summed E-state index contributed by atoms with van der Waals surface area (Å²) in [4.78, 5) is 69.9. The number of likely N-dealkylation sites (N-methyl/N-ethyl adjacent to an activating group) is 1. The number of carbonyl (C=O) groups excluding carboxylic acids is 1. The number of ether oxygens (including phenoxy) is 3. The highest BCUT2D eigenvalue weighted by atomic mass is 32.2. The summed E-state index contributed by atoms with van der Waals surface area (Å²) < 4.78 is 104. The Labute approximate surface area is 529 Å². The lowest BCUT2D eigenvalue weighted by atomic mass is 9.81. The van der Waals surface area contributed by atoms with Crippen molar-refractivity contribution in [3.05, 3.63) is 147 Å². The molecule has 4 aliphatic rings. The molecule has 494 valence electrons. The third-order valence-corrected chi connectivity index (χ3v) is 20.3. The molecule has 3 unspecified atom stereocenters. The molecule has 0 saturated carbocycles.